The maximum atomic E-state index is 6.75. The van der Waals surface area contributed by atoms with Crippen LogP contribution in [0, 0.1) is 46.5 Å². The number of hydrogen-bond donors (Lipinski definition) is 0. The van der Waals surface area contributed by atoms with Gasteiger partial charge in [0.25, 0.3) is 0 Å². The van der Waals surface area contributed by atoms with Crippen LogP contribution in [0.4, 0.5) is 17.1 Å². The summed E-state index contributed by atoms with van der Waals surface area (Å²) in [6, 6.07) is 46.2. The van der Waals surface area contributed by atoms with Crippen molar-refractivity contribution in [1.82, 2.24) is 14.1 Å². The van der Waals surface area contributed by atoms with E-state index in [1.807, 2.05) is 12.3 Å². The summed E-state index contributed by atoms with van der Waals surface area (Å²) in [5.74, 6) is 2.06. The number of hydrogen-bond acceptors (Lipinski definition) is 4. The molecule has 0 bridgehead atoms. The monoisotopic (exact) mass is 937 g/mol. The molecule has 292 valence electrons. The van der Waals surface area contributed by atoms with Crippen LogP contribution in [0.25, 0.3) is 55.1 Å². The molecule has 0 aliphatic carbocycles. The Morgan fingerprint density at radius 1 is 0.638 bits per heavy atom. The van der Waals surface area contributed by atoms with Crippen LogP contribution in [0.5, 0.6) is 11.5 Å². The van der Waals surface area contributed by atoms with Crippen LogP contribution in [0.1, 0.15) is 48.6 Å². The molecule has 0 fully saturated rings. The Labute approximate surface area is 354 Å². The first-order chi connectivity index (χ1) is 27.4. The Bertz CT molecular complexity index is 3030. The van der Waals surface area contributed by atoms with Gasteiger partial charge in [0.2, 0.25) is 0 Å². The number of rotatable bonds is 5. The van der Waals surface area contributed by atoms with Gasteiger partial charge in [-0.15, -0.1) is 47.0 Å². The number of anilines is 3. The van der Waals surface area contributed by atoms with Gasteiger partial charge >= 0.3 is 0 Å². The van der Waals surface area contributed by atoms with Gasteiger partial charge in [-0.25, -0.2) is 4.98 Å². The Morgan fingerprint density at radius 2 is 1.31 bits per heavy atom. The van der Waals surface area contributed by atoms with E-state index in [-0.39, 0.29) is 26.5 Å². The van der Waals surface area contributed by atoms with E-state index < -0.39 is 0 Å². The Kier molecular flexibility index (Phi) is 9.05. The molecule has 6 nitrogen and oxygen atoms in total. The number of aromatic nitrogens is 3. The SMILES string of the molecule is Cc1cc(C)c2c(c1)c1cc(C)cc(C)c1n2-c1ccnc(-n2c3[c-]c(Oc4[c-]c(N5[CH-]N(C)c6ccccc65)cc(C(C)(C)C)c4)ccc3c3ccccc32)c1.[Pt]. The molecule has 3 aromatic heterocycles. The zero-order valence-corrected chi connectivity index (χ0v) is 36.3. The summed E-state index contributed by atoms with van der Waals surface area (Å²) in [6.07, 6.45) is 1.93. The summed E-state index contributed by atoms with van der Waals surface area (Å²) in [6.45, 7) is 17.6. The molecule has 0 N–H and O–H groups in total. The Balaban J connectivity index is 0.00000436. The van der Waals surface area contributed by atoms with Crippen molar-refractivity contribution in [2.45, 2.75) is 53.9 Å². The van der Waals surface area contributed by atoms with E-state index in [1.165, 1.54) is 44.1 Å². The van der Waals surface area contributed by atoms with Crippen molar-refractivity contribution in [3.8, 4) is 23.0 Å². The largest absolute Gasteiger partial charge is 0.509 e. The minimum absolute atomic E-state index is 0. The molecule has 1 aliphatic heterocycles. The first-order valence-corrected chi connectivity index (χ1v) is 19.6. The van der Waals surface area contributed by atoms with Crippen molar-refractivity contribution in [3.63, 3.8) is 0 Å². The van der Waals surface area contributed by atoms with E-state index >= 15 is 0 Å². The maximum absolute atomic E-state index is 6.75. The number of fused-ring (bicyclic) bond motifs is 7. The van der Waals surface area contributed by atoms with E-state index in [1.54, 1.807) is 0 Å². The van der Waals surface area contributed by atoms with E-state index in [0.717, 1.165) is 55.9 Å². The van der Waals surface area contributed by atoms with Crippen molar-refractivity contribution in [1.29, 1.82) is 0 Å². The molecule has 9 aromatic rings. The Hall–Kier alpha value is -5.84. The van der Waals surface area contributed by atoms with Crippen LogP contribution in [0.15, 0.2) is 115 Å². The molecule has 0 radical (unpaired) electrons. The third-order valence-corrected chi connectivity index (χ3v) is 11.4. The first kappa shape index (κ1) is 37.7. The molecule has 7 heteroatoms. The summed E-state index contributed by atoms with van der Waals surface area (Å²) in [4.78, 5) is 9.35. The first-order valence-electron chi connectivity index (χ1n) is 19.6. The number of nitrogens with zero attached hydrogens (tertiary/aromatic N) is 5. The summed E-state index contributed by atoms with van der Waals surface area (Å²) < 4.78 is 11.4. The third-order valence-electron chi connectivity index (χ3n) is 11.4. The van der Waals surface area contributed by atoms with E-state index in [9.17, 15) is 0 Å². The topological polar surface area (TPSA) is 38.5 Å². The quantitative estimate of drug-likeness (QED) is 0.161. The molecule has 4 heterocycles. The molecule has 58 heavy (non-hydrogen) atoms. The van der Waals surface area contributed by atoms with Crippen LogP contribution in [0.3, 0.4) is 0 Å². The molecule has 1 aliphatic rings. The zero-order valence-electron chi connectivity index (χ0n) is 34.0. The van der Waals surface area contributed by atoms with Crippen LogP contribution >= 0.6 is 0 Å². The maximum Gasteiger partial charge on any atom is 0.137 e. The summed E-state index contributed by atoms with van der Waals surface area (Å²) in [7, 11) is 2.07. The third kappa shape index (κ3) is 6.08. The van der Waals surface area contributed by atoms with Gasteiger partial charge in [-0.1, -0.05) is 79.9 Å². The Morgan fingerprint density at radius 3 is 2.02 bits per heavy atom. The molecule has 0 unspecified atom stereocenters. The minimum Gasteiger partial charge on any atom is -0.509 e. The molecule has 0 saturated heterocycles. The summed E-state index contributed by atoms with van der Waals surface area (Å²) in [5.41, 5.74) is 14.7. The van der Waals surface area contributed by atoms with E-state index in [2.05, 4.69) is 196 Å². The molecule has 0 amide bonds. The molecule has 0 spiro atoms. The standard InChI is InChI=1S/C51H44N5O.Pt/c1-31-21-33(3)49-42(23-31)43-24-32(2)22-34(4)50(43)55(49)36-19-20-52-48(28-36)56-44-14-10-9-13-40(44)41-18-17-38(29-47(41)56)57-39-26-35(51(5,6)7)25-37(27-39)54-30-53(8)45-15-11-12-16-46(45)54;/h9-26,28,30H,1-8H3;/q-3;. The number of pyridine rings is 1. The van der Waals surface area contributed by atoms with Crippen LogP contribution < -0.4 is 14.5 Å². The molecule has 10 rings (SSSR count). The van der Waals surface area contributed by atoms with E-state index in [0.29, 0.717) is 11.5 Å². The molecular formula is C51H44N5OPt-3. The van der Waals surface area contributed by atoms with Crippen molar-refractivity contribution in [3.05, 3.63) is 162 Å². The summed E-state index contributed by atoms with van der Waals surface area (Å²) in [5, 5.41) is 4.76. The van der Waals surface area contributed by atoms with Gasteiger partial charge in [0.1, 0.15) is 5.82 Å². The minimum atomic E-state index is -0.116. The van der Waals surface area contributed by atoms with Crippen LogP contribution in [0.2, 0.25) is 0 Å². The second kappa shape index (κ2) is 13.9. The zero-order chi connectivity index (χ0) is 39.3. The van der Waals surface area contributed by atoms with Gasteiger partial charge in [-0.2, -0.15) is 12.7 Å². The second-order valence-electron chi connectivity index (χ2n) is 16.7. The van der Waals surface area contributed by atoms with Crippen LogP contribution in [-0.4, -0.2) is 21.2 Å². The van der Waals surface area contributed by atoms with Crippen molar-refractivity contribution < 1.29 is 25.8 Å². The second-order valence-corrected chi connectivity index (χ2v) is 16.7. The molecular weight excluding hydrogens is 894 g/mol. The number of ether oxygens (including phenoxy) is 1. The normalized spacial score (nSPS) is 12.9. The fraction of sp³-hybridized carbons (Fsp3) is 0.176. The van der Waals surface area contributed by atoms with Gasteiger partial charge < -0.3 is 23.7 Å². The smallest absolute Gasteiger partial charge is 0.137 e. The summed E-state index contributed by atoms with van der Waals surface area (Å²) >= 11 is 0. The van der Waals surface area contributed by atoms with Gasteiger partial charge in [0, 0.05) is 72.5 Å². The van der Waals surface area contributed by atoms with Crippen LogP contribution in [-0.2, 0) is 26.5 Å². The predicted octanol–water partition coefficient (Wildman–Crippen LogP) is 12.9. The average Bonchev–Trinajstić information content (AvgIpc) is 3.82. The average molecular weight is 938 g/mol. The van der Waals surface area contributed by atoms with Gasteiger partial charge in [0.15, 0.2) is 0 Å². The molecule has 0 atom stereocenters. The molecule has 6 aromatic carbocycles. The fourth-order valence-electron chi connectivity index (χ4n) is 8.86. The van der Waals surface area contributed by atoms with E-state index in [4.69, 9.17) is 9.72 Å². The number of aryl methyl sites for hydroxylation is 4. The number of para-hydroxylation sites is 3. The van der Waals surface area contributed by atoms with Gasteiger partial charge in [-0.3, -0.25) is 0 Å². The fourth-order valence-corrected chi connectivity index (χ4v) is 8.86. The van der Waals surface area contributed by atoms with Crippen molar-refractivity contribution in [2.75, 3.05) is 16.8 Å². The van der Waals surface area contributed by atoms with Crippen molar-refractivity contribution in [2.24, 2.45) is 0 Å². The molecule has 0 saturated carbocycles. The predicted molar refractivity (Wildman–Crippen MR) is 236 cm³/mol. The van der Waals surface area contributed by atoms with Gasteiger partial charge in [-0.05, 0) is 93.1 Å². The van der Waals surface area contributed by atoms with Crippen molar-refractivity contribution >= 4 is 60.7 Å². The number of benzene rings is 6. The van der Waals surface area contributed by atoms with Gasteiger partial charge in [0.05, 0.1) is 16.7 Å².